The van der Waals surface area contributed by atoms with Crippen LogP contribution in [0, 0.1) is 0 Å². The molecule has 0 saturated heterocycles. The van der Waals surface area contributed by atoms with Crippen LogP contribution in [0.15, 0.2) is 30.5 Å². The summed E-state index contributed by atoms with van der Waals surface area (Å²) in [5, 5.41) is 4.17. The van der Waals surface area contributed by atoms with Gasteiger partial charge in [0.15, 0.2) is 5.78 Å². The van der Waals surface area contributed by atoms with Crippen LogP contribution < -0.4 is 0 Å². The lowest BCUT2D eigenvalue weighted by atomic mass is 9.75. The molecule has 27 heavy (non-hydrogen) atoms. The monoisotopic (exact) mass is 374 g/mol. The highest BCUT2D eigenvalue weighted by molar-refractivity contribution is 6.04. The number of hydrogen-bond donors (Lipinski definition) is 0. The maximum absolute atomic E-state index is 13.1. The summed E-state index contributed by atoms with van der Waals surface area (Å²) in [4.78, 5) is 21.4. The van der Waals surface area contributed by atoms with Gasteiger partial charge in [-0.3, -0.25) is 14.5 Å². The molecule has 2 aromatic heterocycles. The molecule has 3 aromatic rings. The molecule has 0 aliphatic heterocycles. The van der Waals surface area contributed by atoms with E-state index >= 15 is 0 Å². The van der Waals surface area contributed by atoms with Gasteiger partial charge in [-0.2, -0.15) is 18.3 Å². The fraction of sp³-hybridized carbons (Fsp3) is 0.368. The standard InChI is InChI=1S/C19H17F3N4O/c1-18(2)8-7-14(27)15-16(25-26(17(15)18)10-19(20,21)22)13-9-23-11-5-3-4-6-12(11)24-13/h3-6,9H,7-8,10H2,1-2H3. The van der Waals surface area contributed by atoms with E-state index in [1.807, 2.05) is 19.9 Å². The molecule has 140 valence electrons. The van der Waals surface area contributed by atoms with Crippen molar-refractivity contribution in [1.29, 1.82) is 0 Å². The first-order valence-corrected chi connectivity index (χ1v) is 8.59. The molecule has 0 amide bonds. The van der Waals surface area contributed by atoms with Gasteiger partial charge in [0.25, 0.3) is 0 Å². The Labute approximate surface area is 153 Å². The number of carbonyl (C=O) groups excluding carboxylic acids is 1. The first kappa shape index (κ1) is 17.6. The molecular formula is C19H17F3N4O. The summed E-state index contributed by atoms with van der Waals surface area (Å²) in [5.41, 5.74) is 1.70. The van der Waals surface area contributed by atoms with E-state index < -0.39 is 18.1 Å². The summed E-state index contributed by atoms with van der Waals surface area (Å²) in [5.74, 6) is -0.206. The molecule has 0 bridgehead atoms. The van der Waals surface area contributed by atoms with Gasteiger partial charge in [0.1, 0.15) is 17.9 Å². The summed E-state index contributed by atoms with van der Waals surface area (Å²) in [7, 11) is 0. The van der Waals surface area contributed by atoms with Gasteiger partial charge < -0.3 is 0 Å². The van der Waals surface area contributed by atoms with E-state index in [2.05, 4.69) is 15.1 Å². The van der Waals surface area contributed by atoms with E-state index in [0.29, 0.717) is 28.8 Å². The summed E-state index contributed by atoms with van der Waals surface area (Å²) in [6.45, 7) is 2.43. The maximum Gasteiger partial charge on any atom is 0.408 e. The Morgan fingerprint density at radius 2 is 1.89 bits per heavy atom. The number of fused-ring (bicyclic) bond motifs is 2. The smallest absolute Gasteiger partial charge is 0.294 e. The molecule has 1 aromatic carbocycles. The third-order valence-electron chi connectivity index (χ3n) is 4.87. The van der Waals surface area contributed by atoms with Crippen LogP contribution in [0.5, 0.6) is 0 Å². The molecule has 0 radical (unpaired) electrons. The number of carbonyl (C=O) groups is 1. The summed E-state index contributed by atoms with van der Waals surface area (Å²) < 4.78 is 40.2. The van der Waals surface area contributed by atoms with Gasteiger partial charge in [-0.15, -0.1) is 0 Å². The molecule has 0 unspecified atom stereocenters. The van der Waals surface area contributed by atoms with Crippen LogP contribution in [0.25, 0.3) is 22.4 Å². The van der Waals surface area contributed by atoms with Crippen LogP contribution in [0.3, 0.4) is 0 Å². The highest BCUT2D eigenvalue weighted by Gasteiger charge is 2.41. The molecule has 0 saturated carbocycles. The highest BCUT2D eigenvalue weighted by atomic mass is 19.4. The average molecular weight is 374 g/mol. The molecule has 1 aliphatic carbocycles. The van der Waals surface area contributed by atoms with Crippen molar-refractivity contribution in [3.05, 3.63) is 41.7 Å². The van der Waals surface area contributed by atoms with Gasteiger partial charge in [0, 0.05) is 11.8 Å². The summed E-state index contributed by atoms with van der Waals surface area (Å²) in [6.07, 6.45) is -2.24. The average Bonchev–Trinajstić information content (AvgIpc) is 2.97. The number of nitrogens with zero attached hydrogens (tertiary/aromatic N) is 4. The van der Waals surface area contributed by atoms with Crippen molar-refractivity contribution < 1.29 is 18.0 Å². The molecule has 0 spiro atoms. The van der Waals surface area contributed by atoms with Gasteiger partial charge in [0.05, 0.1) is 28.5 Å². The summed E-state index contributed by atoms with van der Waals surface area (Å²) >= 11 is 0. The number of alkyl halides is 3. The molecule has 0 N–H and O–H groups in total. The van der Waals surface area contributed by atoms with Crippen molar-refractivity contribution in [3.63, 3.8) is 0 Å². The second kappa shape index (κ2) is 5.87. The van der Waals surface area contributed by atoms with Crippen LogP contribution in [0.1, 0.15) is 42.7 Å². The Morgan fingerprint density at radius 3 is 2.59 bits per heavy atom. The van der Waals surface area contributed by atoms with E-state index in [1.54, 1.807) is 18.2 Å². The lowest BCUT2D eigenvalue weighted by Gasteiger charge is -2.30. The quantitative estimate of drug-likeness (QED) is 0.671. The van der Waals surface area contributed by atoms with Gasteiger partial charge >= 0.3 is 6.18 Å². The minimum atomic E-state index is -4.44. The first-order valence-electron chi connectivity index (χ1n) is 8.59. The molecule has 0 fully saturated rings. The van der Waals surface area contributed by atoms with Crippen LogP contribution in [0.2, 0.25) is 0 Å². The van der Waals surface area contributed by atoms with Crippen LogP contribution in [-0.4, -0.2) is 31.7 Å². The SMILES string of the molecule is CC1(C)CCC(=O)c2c(-c3cnc4ccccc4n3)nn(CC(F)(F)F)c21. The van der Waals surface area contributed by atoms with Crippen molar-refractivity contribution in [2.75, 3.05) is 0 Å². The molecule has 5 nitrogen and oxygen atoms in total. The van der Waals surface area contributed by atoms with E-state index in [9.17, 15) is 18.0 Å². The first-order chi connectivity index (χ1) is 12.7. The molecule has 8 heteroatoms. The Morgan fingerprint density at radius 1 is 1.19 bits per heavy atom. The Bertz CT molecular complexity index is 1050. The van der Waals surface area contributed by atoms with E-state index in [4.69, 9.17) is 0 Å². The Kier molecular flexibility index (Phi) is 3.83. The minimum absolute atomic E-state index is 0.172. The number of rotatable bonds is 2. The van der Waals surface area contributed by atoms with Crippen molar-refractivity contribution in [2.45, 2.75) is 44.8 Å². The molecule has 4 rings (SSSR count). The number of hydrogen-bond acceptors (Lipinski definition) is 4. The Hall–Kier alpha value is -2.77. The van der Waals surface area contributed by atoms with Crippen molar-refractivity contribution in [3.8, 4) is 11.4 Å². The van der Waals surface area contributed by atoms with Gasteiger partial charge in [-0.05, 0) is 18.6 Å². The molecule has 2 heterocycles. The topological polar surface area (TPSA) is 60.7 Å². The van der Waals surface area contributed by atoms with E-state index in [1.165, 1.54) is 6.20 Å². The number of halogens is 3. The highest BCUT2D eigenvalue weighted by Crippen LogP contribution is 2.41. The molecule has 1 aliphatic rings. The predicted molar refractivity (Wildman–Crippen MR) is 93.4 cm³/mol. The minimum Gasteiger partial charge on any atom is -0.294 e. The predicted octanol–water partition coefficient (Wildman–Crippen LogP) is 4.31. The normalized spacial score (nSPS) is 16.6. The fourth-order valence-electron chi connectivity index (χ4n) is 3.62. The number of aromatic nitrogens is 4. The second-order valence-corrected chi connectivity index (χ2v) is 7.40. The molecule has 0 atom stereocenters. The van der Waals surface area contributed by atoms with Crippen molar-refractivity contribution in [1.82, 2.24) is 19.7 Å². The van der Waals surface area contributed by atoms with Crippen LogP contribution in [0.4, 0.5) is 13.2 Å². The second-order valence-electron chi connectivity index (χ2n) is 7.40. The Balaban J connectivity index is 1.96. The van der Waals surface area contributed by atoms with Gasteiger partial charge in [-0.25, -0.2) is 4.98 Å². The number of ketones is 1. The zero-order valence-corrected chi connectivity index (χ0v) is 14.8. The molecular weight excluding hydrogens is 357 g/mol. The maximum atomic E-state index is 13.1. The number of Topliss-reactive ketones (excluding diaryl/α,β-unsaturated/α-hetero) is 1. The zero-order valence-electron chi connectivity index (χ0n) is 14.8. The largest absolute Gasteiger partial charge is 0.408 e. The van der Waals surface area contributed by atoms with Crippen LogP contribution >= 0.6 is 0 Å². The zero-order chi connectivity index (χ0) is 19.4. The fourth-order valence-corrected chi connectivity index (χ4v) is 3.62. The lowest BCUT2D eigenvalue weighted by Crippen LogP contribution is -2.32. The third-order valence-corrected chi connectivity index (χ3v) is 4.87. The number of para-hydroxylation sites is 2. The van der Waals surface area contributed by atoms with Gasteiger partial charge in [0.2, 0.25) is 0 Å². The lowest BCUT2D eigenvalue weighted by molar-refractivity contribution is -0.143. The third kappa shape index (κ3) is 3.09. The van der Waals surface area contributed by atoms with Crippen molar-refractivity contribution >= 4 is 16.8 Å². The van der Waals surface area contributed by atoms with Gasteiger partial charge in [-0.1, -0.05) is 26.0 Å². The van der Waals surface area contributed by atoms with E-state index in [-0.39, 0.29) is 23.5 Å². The summed E-state index contributed by atoms with van der Waals surface area (Å²) in [6, 6.07) is 7.17. The van der Waals surface area contributed by atoms with E-state index in [0.717, 1.165) is 4.68 Å². The van der Waals surface area contributed by atoms with Crippen LogP contribution in [-0.2, 0) is 12.0 Å². The van der Waals surface area contributed by atoms with Crippen molar-refractivity contribution in [2.24, 2.45) is 0 Å². The number of benzene rings is 1.